The van der Waals surface area contributed by atoms with Crippen LogP contribution < -0.4 is 5.73 Å². The Balaban J connectivity index is 2.33. The van der Waals surface area contributed by atoms with Crippen molar-refractivity contribution in [1.29, 1.82) is 0 Å². The van der Waals surface area contributed by atoms with Crippen molar-refractivity contribution in [2.75, 3.05) is 5.75 Å². The highest BCUT2D eigenvalue weighted by atomic mass is 32.2. The van der Waals surface area contributed by atoms with Crippen molar-refractivity contribution >= 4 is 11.8 Å². The summed E-state index contributed by atoms with van der Waals surface area (Å²) in [6.45, 7) is 6.46. The lowest BCUT2D eigenvalue weighted by molar-refractivity contribution is 0.364. The maximum absolute atomic E-state index is 5.82. The summed E-state index contributed by atoms with van der Waals surface area (Å²) in [7, 11) is 0. The van der Waals surface area contributed by atoms with Gasteiger partial charge in [-0.1, -0.05) is 25.9 Å². The summed E-state index contributed by atoms with van der Waals surface area (Å²) < 4.78 is 5.14. The lowest BCUT2D eigenvalue weighted by atomic mass is 10.2. The van der Waals surface area contributed by atoms with Crippen molar-refractivity contribution in [2.45, 2.75) is 45.4 Å². The van der Waals surface area contributed by atoms with Crippen LogP contribution in [0.3, 0.4) is 0 Å². The number of thioether (sulfide) groups is 1. The molecule has 0 amide bonds. The molecule has 0 saturated carbocycles. The van der Waals surface area contributed by atoms with Crippen LogP contribution in [0.1, 0.15) is 38.9 Å². The molecule has 0 saturated heterocycles. The third-order valence-electron chi connectivity index (χ3n) is 2.15. The van der Waals surface area contributed by atoms with Crippen LogP contribution in [-0.4, -0.2) is 21.9 Å². The van der Waals surface area contributed by atoms with Crippen LogP contribution in [0.2, 0.25) is 0 Å². The van der Waals surface area contributed by atoms with Crippen molar-refractivity contribution in [2.24, 2.45) is 11.7 Å². The van der Waals surface area contributed by atoms with Gasteiger partial charge in [-0.15, -0.1) is 0 Å². The van der Waals surface area contributed by atoms with Crippen LogP contribution in [0.5, 0.6) is 0 Å². The van der Waals surface area contributed by atoms with E-state index in [2.05, 4.69) is 30.9 Å². The first kappa shape index (κ1) is 13.5. The van der Waals surface area contributed by atoms with E-state index in [1.165, 1.54) is 0 Å². The summed E-state index contributed by atoms with van der Waals surface area (Å²) in [4.78, 5) is 4.32. The largest absolute Gasteiger partial charge is 0.339 e. The van der Waals surface area contributed by atoms with Crippen LogP contribution in [-0.2, 0) is 12.2 Å². The van der Waals surface area contributed by atoms with Gasteiger partial charge in [-0.05, 0) is 18.1 Å². The zero-order chi connectivity index (χ0) is 12.0. The molecule has 4 nitrogen and oxygen atoms in total. The van der Waals surface area contributed by atoms with Gasteiger partial charge in [0.1, 0.15) is 0 Å². The summed E-state index contributed by atoms with van der Waals surface area (Å²) in [5, 5.41) is 3.94. The molecule has 1 aromatic heterocycles. The first-order valence-electron chi connectivity index (χ1n) is 5.76. The highest BCUT2D eigenvalue weighted by Crippen LogP contribution is 2.13. The Hall–Kier alpha value is -0.550. The fraction of sp³-hybridized carbons (Fsp3) is 0.818. The van der Waals surface area contributed by atoms with Crippen molar-refractivity contribution in [1.82, 2.24) is 10.1 Å². The predicted octanol–water partition coefficient (Wildman–Crippen LogP) is 2.24. The van der Waals surface area contributed by atoms with Gasteiger partial charge >= 0.3 is 0 Å². The summed E-state index contributed by atoms with van der Waals surface area (Å²) in [6.07, 6.45) is 1.61. The van der Waals surface area contributed by atoms with E-state index >= 15 is 0 Å². The number of rotatable bonds is 7. The van der Waals surface area contributed by atoms with Crippen molar-refractivity contribution in [3.05, 3.63) is 11.7 Å². The Kier molecular flexibility index (Phi) is 5.84. The third kappa shape index (κ3) is 4.99. The van der Waals surface area contributed by atoms with Crippen LogP contribution >= 0.6 is 11.8 Å². The number of hydrogen-bond acceptors (Lipinski definition) is 5. The second-order valence-electron chi connectivity index (χ2n) is 4.39. The monoisotopic (exact) mass is 243 g/mol. The van der Waals surface area contributed by atoms with E-state index < -0.39 is 0 Å². The number of nitrogens with two attached hydrogens (primary N) is 1. The molecule has 0 spiro atoms. The van der Waals surface area contributed by atoms with Crippen LogP contribution in [0.25, 0.3) is 0 Å². The maximum atomic E-state index is 5.82. The topological polar surface area (TPSA) is 64.9 Å². The SMILES string of the molecule is CCC(N)Cc1nc(CSCC(C)C)no1. The summed E-state index contributed by atoms with van der Waals surface area (Å²) in [5.74, 6) is 4.09. The van der Waals surface area contributed by atoms with Crippen LogP contribution in [0.15, 0.2) is 4.52 Å². The van der Waals surface area contributed by atoms with Gasteiger partial charge in [0, 0.05) is 12.5 Å². The molecule has 16 heavy (non-hydrogen) atoms. The van der Waals surface area contributed by atoms with Gasteiger partial charge in [0.25, 0.3) is 0 Å². The second-order valence-corrected chi connectivity index (χ2v) is 5.42. The highest BCUT2D eigenvalue weighted by Gasteiger charge is 2.09. The van der Waals surface area contributed by atoms with Crippen LogP contribution in [0, 0.1) is 5.92 Å². The molecule has 0 fully saturated rings. The molecule has 1 rings (SSSR count). The maximum Gasteiger partial charge on any atom is 0.228 e. The molecular weight excluding hydrogens is 222 g/mol. The van der Waals surface area contributed by atoms with Gasteiger partial charge in [-0.25, -0.2) is 0 Å². The number of nitrogens with zero attached hydrogens (tertiary/aromatic N) is 2. The first-order valence-corrected chi connectivity index (χ1v) is 6.92. The summed E-state index contributed by atoms with van der Waals surface area (Å²) in [5.41, 5.74) is 5.82. The van der Waals surface area contributed by atoms with Gasteiger partial charge in [-0.2, -0.15) is 16.7 Å². The fourth-order valence-corrected chi connectivity index (χ4v) is 2.08. The zero-order valence-corrected chi connectivity index (χ0v) is 11.1. The lowest BCUT2D eigenvalue weighted by Gasteiger charge is -2.02. The van der Waals surface area contributed by atoms with E-state index in [-0.39, 0.29) is 6.04 Å². The van der Waals surface area contributed by atoms with Gasteiger partial charge in [0.15, 0.2) is 5.82 Å². The molecule has 0 bridgehead atoms. The summed E-state index contributed by atoms with van der Waals surface area (Å²) >= 11 is 1.84. The zero-order valence-electron chi connectivity index (χ0n) is 10.3. The minimum atomic E-state index is 0.122. The van der Waals surface area contributed by atoms with E-state index in [4.69, 9.17) is 10.3 Å². The van der Waals surface area contributed by atoms with E-state index in [1.54, 1.807) is 0 Å². The Morgan fingerprint density at radius 3 is 2.81 bits per heavy atom. The Morgan fingerprint density at radius 2 is 2.19 bits per heavy atom. The summed E-state index contributed by atoms with van der Waals surface area (Å²) in [6, 6.07) is 0.122. The molecule has 1 atom stereocenters. The average Bonchev–Trinajstić information content (AvgIpc) is 2.65. The van der Waals surface area contributed by atoms with Gasteiger partial charge < -0.3 is 10.3 Å². The van der Waals surface area contributed by atoms with Crippen molar-refractivity contribution in [3.63, 3.8) is 0 Å². The number of aromatic nitrogens is 2. The molecular formula is C11H21N3OS. The molecule has 5 heteroatoms. The third-order valence-corrected chi connectivity index (χ3v) is 3.52. The van der Waals surface area contributed by atoms with E-state index in [9.17, 15) is 0 Å². The van der Waals surface area contributed by atoms with Crippen molar-refractivity contribution < 1.29 is 4.52 Å². The quantitative estimate of drug-likeness (QED) is 0.795. The second kappa shape index (κ2) is 6.91. The molecule has 1 unspecified atom stereocenters. The standard InChI is InChI=1S/C11H21N3OS/c1-4-9(12)5-11-13-10(14-15-11)7-16-6-8(2)3/h8-9H,4-7,12H2,1-3H3. The molecule has 0 radical (unpaired) electrons. The molecule has 1 heterocycles. The van der Waals surface area contributed by atoms with Gasteiger partial charge in [0.2, 0.25) is 5.89 Å². The molecule has 0 aliphatic carbocycles. The molecule has 0 aliphatic heterocycles. The normalized spacial score (nSPS) is 13.3. The minimum Gasteiger partial charge on any atom is -0.339 e. The van der Waals surface area contributed by atoms with Gasteiger partial charge in [0.05, 0.1) is 5.75 Å². The van der Waals surface area contributed by atoms with Crippen molar-refractivity contribution in [3.8, 4) is 0 Å². The Morgan fingerprint density at radius 1 is 1.44 bits per heavy atom. The van der Waals surface area contributed by atoms with Crippen LogP contribution in [0.4, 0.5) is 0 Å². The molecule has 92 valence electrons. The first-order chi connectivity index (χ1) is 7.61. The van der Waals surface area contributed by atoms with Gasteiger partial charge in [-0.3, -0.25) is 0 Å². The van der Waals surface area contributed by atoms with E-state index in [1.807, 2.05) is 11.8 Å². The molecule has 1 aromatic rings. The predicted molar refractivity (Wildman–Crippen MR) is 67.3 cm³/mol. The highest BCUT2D eigenvalue weighted by molar-refractivity contribution is 7.98. The fourth-order valence-electron chi connectivity index (χ4n) is 1.19. The van der Waals surface area contributed by atoms with E-state index in [0.29, 0.717) is 18.2 Å². The Labute approximate surface area is 101 Å². The lowest BCUT2D eigenvalue weighted by Crippen LogP contribution is -2.21. The number of hydrogen-bond donors (Lipinski definition) is 1. The molecule has 0 aromatic carbocycles. The minimum absolute atomic E-state index is 0.122. The molecule has 2 N–H and O–H groups in total. The smallest absolute Gasteiger partial charge is 0.228 e. The van der Waals surface area contributed by atoms with E-state index in [0.717, 1.165) is 23.8 Å². The Bertz CT molecular complexity index is 301. The average molecular weight is 243 g/mol. The molecule has 0 aliphatic rings.